The minimum absolute atomic E-state index is 0.149. The Labute approximate surface area is 76.2 Å². The Bertz CT molecular complexity index is 303. The summed E-state index contributed by atoms with van der Waals surface area (Å²) in [6, 6.07) is 0. The van der Waals surface area contributed by atoms with Crippen LogP contribution in [0.3, 0.4) is 0 Å². The first kappa shape index (κ1) is 8.80. The molecule has 0 aromatic carbocycles. The molecule has 12 heavy (non-hydrogen) atoms. The molecule has 0 aromatic rings. The van der Waals surface area contributed by atoms with Crippen molar-refractivity contribution < 1.29 is 14.2 Å². The van der Waals surface area contributed by atoms with E-state index in [1.54, 1.807) is 11.8 Å². The van der Waals surface area contributed by atoms with E-state index >= 15 is 0 Å². The number of thioether (sulfide) groups is 1. The van der Waals surface area contributed by atoms with Gasteiger partial charge in [0.1, 0.15) is 0 Å². The maximum Gasteiger partial charge on any atom is 0.187 e. The topological polar surface area (TPSA) is 73.8 Å². The van der Waals surface area contributed by atoms with Gasteiger partial charge in [-0.25, -0.2) is 8.42 Å². The molecule has 0 spiro atoms. The van der Waals surface area contributed by atoms with Crippen LogP contribution in [-0.4, -0.2) is 36.2 Å². The predicted molar refractivity (Wildman–Crippen MR) is 48.2 cm³/mol. The van der Waals surface area contributed by atoms with E-state index in [1.165, 1.54) is 0 Å². The van der Waals surface area contributed by atoms with Gasteiger partial charge in [0.2, 0.25) is 0 Å². The Morgan fingerprint density at radius 1 is 1.67 bits per heavy atom. The monoisotopic (exact) mass is 209 g/mol. The van der Waals surface area contributed by atoms with Crippen molar-refractivity contribution in [3.63, 3.8) is 0 Å². The third kappa shape index (κ3) is 1.26. The second kappa shape index (κ2) is 2.37. The molecule has 0 amide bonds. The quantitative estimate of drug-likeness (QED) is 0.504. The summed E-state index contributed by atoms with van der Waals surface area (Å²) >= 11 is 1.64. The van der Waals surface area contributed by atoms with E-state index in [2.05, 4.69) is 11.1 Å². The maximum absolute atomic E-state index is 11.3. The van der Waals surface area contributed by atoms with Crippen molar-refractivity contribution in [2.45, 2.75) is 23.2 Å². The van der Waals surface area contributed by atoms with Crippen molar-refractivity contribution in [2.24, 2.45) is 0 Å². The van der Waals surface area contributed by atoms with Crippen molar-refractivity contribution in [3.05, 3.63) is 0 Å². The van der Waals surface area contributed by atoms with Crippen molar-refractivity contribution in [3.8, 4) is 0 Å². The smallest absolute Gasteiger partial charge is 0.187 e. The molecule has 2 fully saturated rings. The molecular formula is C6H13N2O2S2+. The Morgan fingerprint density at radius 3 is 2.92 bits per heavy atom. The Morgan fingerprint density at radius 2 is 2.33 bits per heavy atom. The zero-order valence-electron chi connectivity index (χ0n) is 6.91. The molecule has 2 rings (SSSR count). The minimum atomic E-state index is -2.80. The standard InChI is InChI=1S/C6H12N2O2S2/c1-6-3-12(9,10)2-4(6)11-5(7)8-6/h4-5,8H,2-3,7H2,1H3/p+1/t4-,5?,6+/m1/s1. The summed E-state index contributed by atoms with van der Waals surface area (Å²) in [7, 11) is -2.80. The molecule has 4 nitrogen and oxygen atoms in total. The number of hydrogen-bond donors (Lipinski definition) is 2. The first-order chi connectivity index (χ1) is 5.41. The number of rotatable bonds is 0. The lowest BCUT2D eigenvalue weighted by Crippen LogP contribution is -2.67. The normalized spacial score (nSPS) is 50.8. The second-order valence-electron chi connectivity index (χ2n) is 3.73. The van der Waals surface area contributed by atoms with E-state index in [-0.39, 0.29) is 22.0 Å². The zero-order chi connectivity index (χ0) is 8.98. The lowest BCUT2D eigenvalue weighted by atomic mass is 10.0. The first-order valence-corrected chi connectivity index (χ1v) is 6.64. The van der Waals surface area contributed by atoms with Gasteiger partial charge in [0.25, 0.3) is 0 Å². The molecule has 0 radical (unpaired) electrons. The summed E-state index contributed by atoms with van der Waals surface area (Å²) in [4.78, 5) is 0. The lowest BCUT2D eigenvalue weighted by Gasteiger charge is -2.19. The highest BCUT2D eigenvalue weighted by atomic mass is 32.2. The lowest BCUT2D eigenvalue weighted by molar-refractivity contribution is -0.394. The van der Waals surface area contributed by atoms with Crippen molar-refractivity contribution in [1.82, 2.24) is 5.32 Å². The molecule has 1 unspecified atom stereocenters. The number of sulfone groups is 1. The summed E-state index contributed by atoms with van der Waals surface area (Å²) in [5.74, 6) is 0.580. The zero-order valence-corrected chi connectivity index (χ0v) is 8.54. The Kier molecular flexibility index (Phi) is 1.74. The molecule has 0 bridgehead atoms. The van der Waals surface area contributed by atoms with Crippen LogP contribution in [0.15, 0.2) is 0 Å². The summed E-state index contributed by atoms with van der Waals surface area (Å²) in [6.07, 6.45) is 0. The van der Waals surface area contributed by atoms with Crippen LogP contribution in [0.1, 0.15) is 6.92 Å². The molecular weight excluding hydrogens is 196 g/mol. The Balaban J connectivity index is 2.28. The van der Waals surface area contributed by atoms with Gasteiger partial charge in [-0.2, -0.15) is 0 Å². The number of nitrogens with one attached hydrogen (secondary N) is 1. The van der Waals surface area contributed by atoms with Gasteiger partial charge in [-0.1, -0.05) is 11.8 Å². The highest BCUT2D eigenvalue weighted by Gasteiger charge is 2.53. The van der Waals surface area contributed by atoms with Gasteiger partial charge in [0, 0.05) is 10.8 Å². The number of hydrogen-bond acceptors (Lipinski definition) is 4. The molecule has 2 saturated heterocycles. The molecule has 2 aliphatic heterocycles. The van der Waals surface area contributed by atoms with Crippen molar-refractivity contribution in [2.75, 3.05) is 11.5 Å². The summed E-state index contributed by atoms with van der Waals surface area (Å²) in [6.45, 7) is 1.97. The third-order valence-corrected chi connectivity index (χ3v) is 6.01. The number of quaternary nitrogens is 1. The first-order valence-electron chi connectivity index (χ1n) is 3.88. The van der Waals surface area contributed by atoms with Gasteiger partial charge in [-0.15, -0.1) is 0 Å². The average molecular weight is 209 g/mol. The van der Waals surface area contributed by atoms with Crippen LogP contribution in [-0.2, 0) is 9.84 Å². The molecule has 6 heteroatoms. The van der Waals surface area contributed by atoms with Crippen LogP contribution in [0.4, 0.5) is 0 Å². The summed E-state index contributed by atoms with van der Waals surface area (Å²) in [5.41, 5.74) is 3.79. The molecule has 2 heterocycles. The van der Waals surface area contributed by atoms with Crippen LogP contribution in [0.2, 0.25) is 0 Å². The van der Waals surface area contributed by atoms with Crippen LogP contribution in [0.25, 0.3) is 0 Å². The fourth-order valence-electron chi connectivity index (χ4n) is 1.95. The SMILES string of the molecule is C[C@]12CS(=O)(=O)C[C@H]1SC([NH3+])N2. The van der Waals surface area contributed by atoms with E-state index < -0.39 is 9.84 Å². The van der Waals surface area contributed by atoms with Crippen LogP contribution >= 0.6 is 11.8 Å². The van der Waals surface area contributed by atoms with E-state index in [1.807, 2.05) is 6.92 Å². The molecule has 4 N–H and O–H groups in total. The van der Waals surface area contributed by atoms with E-state index in [9.17, 15) is 8.42 Å². The van der Waals surface area contributed by atoms with Gasteiger partial charge in [-0.05, 0) is 6.92 Å². The summed E-state index contributed by atoms with van der Waals surface area (Å²) in [5, 5.41) is 3.42. The molecule has 2 aliphatic rings. The average Bonchev–Trinajstić information content (AvgIpc) is 2.11. The van der Waals surface area contributed by atoms with E-state index in [0.29, 0.717) is 5.75 Å². The molecule has 0 aromatic heterocycles. The van der Waals surface area contributed by atoms with Crippen LogP contribution in [0, 0.1) is 0 Å². The van der Waals surface area contributed by atoms with Gasteiger partial charge in [-0.3, -0.25) is 5.32 Å². The Hall–Kier alpha value is 0.220. The molecule has 0 saturated carbocycles. The minimum Gasteiger partial charge on any atom is -0.334 e. The predicted octanol–water partition coefficient (Wildman–Crippen LogP) is -1.60. The second-order valence-corrected chi connectivity index (χ2v) is 7.25. The van der Waals surface area contributed by atoms with Gasteiger partial charge in [0.05, 0.1) is 11.5 Å². The molecule has 0 aliphatic carbocycles. The van der Waals surface area contributed by atoms with Gasteiger partial charge >= 0.3 is 0 Å². The molecule has 3 atom stereocenters. The third-order valence-electron chi connectivity index (χ3n) is 2.45. The fourth-order valence-corrected chi connectivity index (χ4v) is 6.32. The fraction of sp³-hybridized carbons (Fsp3) is 1.00. The van der Waals surface area contributed by atoms with Gasteiger partial charge < -0.3 is 5.73 Å². The van der Waals surface area contributed by atoms with Crippen molar-refractivity contribution >= 4 is 21.6 Å². The highest BCUT2D eigenvalue weighted by Crippen LogP contribution is 2.38. The van der Waals surface area contributed by atoms with Crippen LogP contribution < -0.4 is 11.1 Å². The van der Waals surface area contributed by atoms with Crippen LogP contribution in [0.5, 0.6) is 0 Å². The van der Waals surface area contributed by atoms with Crippen molar-refractivity contribution in [1.29, 1.82) is 0 Å². The number of fused-ring (bicyclic) bond motifs is 1. The van der Waals surface area contributed by atoms with E-state index in [0.717, 1.165) is 0 Å². The van der Waals surface area contributed by atoms with E-state index in [4.69, 9.17) is 0 Å². The largest absolute Gasteiger partial charge is 0.334 e. The highest BCUT2D eigenvalue weighted by molar-refractivity contribution is 8.02. The molecule has 70 valence electrons. The maximum atomic E-state index is 11.3. The van der Waals surface area contributed by atoms with Gasteiger partial charge in [0.15, 0.2) is 15.3 Å². The summed E-state index contributed by atoms with van der Waals surface area (Å²) < 4.78 is 22.6.